The van der Waals surface area contributed by atoms with Crippen LogP contribution in [0, 0.1) is 0 Å². The number of aromatic carboxylic acids is 1. The second-order valence-electron chi connectivity index (χ2n) is 5.40. The van der Waals surface area contributed by atoms with Gasteiger partial charge in [-0.05, 0) is 30.3 Å². The van der Waals surface area contributed by atoms with Crippen LogP contribution in [0.2, 0.25) is 0 Å². The molecule has 0 spiro atoms. The summed E-state index contributed by atoms with van der Waals surface area (Å²) in [6.07, 6.45) is 0. The molecule has 5 heteroatoms. The largest absolute Gasteiger partial charge is 0.478 e. The fourth-order valence-corrected chi connectivity index (χ4v) is 2.49. The van der Waals surface area contributed by atoms with E-state index in [1.807, 2.05) is 43.3 Å². The molecular weight excluding hydrogens is 294 g/mol. The molecule has 1 N–H and O–H groups in total. The molecule has 0 radical (unpaired) electrons. The zero-order valence-electron chi connectivity index (χ0n) is 12.7. The fourth-order valence-electron chi connectivity index (χ4n) is 2.49. The van der Waals surface area contributed by atoms with Gasteiger partial charge in [-0.1, -0.05) is 12.1 Å². The minimum absolute atomic E-state index is 0.0613. The van der Waals surface area contributed by atoms with E-state index in [1.165, 1.54) is 24.3 Å². The molecule has 116 valence electrons. The van der Waals surface area contributed by atoms with Gasteiger partial charge in [0.25, 0.3) is 0 Å². The minimum Gasteiger partial charge on any atom is -0.478 e. The van der Waals surface area contributed by atoms with Crippen molar-refractivity contribution in [1.82, 2.24) is 0 Å². The smallest absolute Gasteiger partial charge is 0.335 e. The fraction of sp³-hybridized carbons (Fsp3) is 0.111. The Morgan fingerprint density at radius 3 is 2.52 bits per heavy atom. The van der Waals surface area contributed by atoms with Crippen LogP contribution >= 0.6 is 0 Å². The summed E-state index contributed by atoms with van der Waals surface area (Å²) < 4.78 is 5.83. The number of anilines is 1. The number of hydrogen-bond acceptors (Lipinski definition) is 4. The van der Waals surface area contributed by atoms with Gasteiger partial charge in [0.15, 0.2) is 5.43 Å². The van der Waals surface area contributed by atoms with Crippen molar-refractivity contribution >= 4 is 22.6 Å². The average molecular weight is 309 g/mol. The lowest BCUT2D eigenvalue weighted by Gasteiger charge is -2.16. The molecule has 0 saturated heterocycles. The van der Waals surface area contributed by atoms with Crippen molar-refractivity contribution in [3.05, 3.63) is 64.3 Å². The highest BCUT2D eigenvalue weighted by molar-refractivity contribution is 5.93. The van der Waals surface area contributed by atoms with Crippen LogP contribution in [0.15, 0.2) is 57.7 Å². The third kappa shape index (κ3) is 2.68. The van der Waals surface area contributed by atoms with E-state index in [1.54, 1.807) is 0 Å². The highest BCUT2D eigenvalue weighted by Crippen LogP contribution is 2.30. The van der Waals surface area contributed by atoms with Gasteiger partial charge < -0.3 is 14.4 Å². The average Bonchev–Trinajstić information content (AvgIpc) is 2.54. The van der Waals surface area contributed by atoms with E-state index in [9.17, 15) is 9.59 Å². The SMILES string of the molecule is CN(C)c1ccccc1-c1cc(=O)c2cc(C(=O)O)ccc2o1. The zero-order chi connectivity index (χ0) is 16.6. The summed E-state index contributed by atoms with van der Waals surface area (Å²) in [6.45, 7) is 0. The predicted molar refractivity (Wildman–Crippen MR) is 89.2 cm³/mol. The van der Waals surface area contributed by atoms with E-state index in [2.05, 4.69) is 0 Å². The Morgan fingerprint density at radius 2 is 1.83 bits per heavy atom. The van der Waals surface area contributed by atoms with Crippen molar-refractivity contribution in [3.63, 3.8) is 0 Å². The van der Waals surface area contributed by atoms with Gasteiger partial charge in [-0.25, -0.2) is 4.79 Å². The molecule has 2 aromatic carbocycles. The van der Waals surface area contributed by atoms with Crippen LogP contribution in [0.4, 0.5) is 5.69 Å². The molecule has 5 nitrogen and oxygen atoms in total. The van der Waals surface area contributed by atoms with Gasteiger partial charge in [0, 0.05) is 31.4 Å². The minimum atomic E-state index is -1.08. The van der Waals surface area contributed by atoms with Crippen molar-refractivity contribution in [3.8, 4) is 11.3 Å². The summed E-state index contributed by atoms with van der Waals surface area (Å²) in [7, 11) is 3.83. The number of carbonyl (C=O) groups is 1. The second-order valence-corrected chi connectivity index (χ2v) is 5.40. The molecule has 0 fully saturated rings. The summed E-state index contributed by atoms with van der Waals surface area (Å²) in [4.78, 5) is 25.3. The molecule has 0 aliphatic heterocycles. The highest BCUT2D eigenvalue weighted by Gasteiger charge is 2.13. The first kappa shape index (κ1) is 14.8. The van der Waals surface area contributed by atoms with Gasteiger partial charge in [0.1, 0.15) is 11.3 Å². The summed E-state index contributed by atoms with van der Waals surface area (Å²) in [6, 6.07) is 13.3. The molecule has 0 amide bonds. The number of carboxylic acids is 1. The maximum Gasteiger partial charge on any atom is 0.335 e. The normalized spacial score (nSPS) is 10.7. The van der Waals surface area contributed by atoms with E-state index >= 15 is 0 Å². The highest BCUT2D eigenvalue weighted by atomic mass is 16.4. The second kappa shape index (κ2) is 5.61. The van der Waals surface area contributed by atoms with Crippen LogP contribution in [0.3, 0.4) is 0 Å². The van der Waals surface area contributed by atoms with Crippen LogP contribution in [0.25, 0.3) is 22.3 Å². The molecule has 0 aliphatic rings. The van der Waals surface area contributed by atoms with Crippen LogP contribution < -0.4 is 10.3 Å². The number of hydrogen-bond donors (Lipinski definition) is 1. The zero-order valence-corrected chi connectivity index (χ0v) is 12.7. The molecule has 1 aromatic heterocycles. The van der Waals surface area contributed by atoms with Crippen molar-refractivity contribution in [1.29, 1.82) is 0 Å². The molecule has 0 atom stereocenters. The van der Waals surface area contributed by atoms with Crippen molar-refractivity contribution in [2.24, 2.45) is 0 Å². The maximum absolute atomic E-state index is 12.4. The Balaban J connectivity index is 2.24. The van der Waals surface area contributed by atoms with E-state index in [4.69, 9.17) is 9.52 Å². The lowest BCUT2D eigenvalue weighted by molar-refractivity contribution is 0.0697. The van der Waals surface area contributed by atoms with Crippen LogP contribution in [-0.2, 0) is 0 Å². The van der Waals surface area contributed by atoms with Gasteiger partial charge in [-0.2, -0.15) is 0 Å². The molecule has 0 unspecified atom stereocenters. The maximum atomic E-state index is 12.4. The Kier molecular flexibility index (Phi) is 3.62. The Morgan fingerprint density at radius 1 is 1.09 bits per heavy atom. The van der Waals surface area contributed by atoms with Crippen LogP contribution in [0.1, 0.15) is 10.4 Å². The molecule has 23 heavy (non-hydrogen) atoms. The number of fused-ring (bicyclic) bond motifs is 1. The van der Waals surface area contributed by atoms with Gasteiger partial charge in [-0.3, -0.25) is 4.79 Å². The Hall–Kier alpha value is -3.08. The molecule has 0 bridgehead atoms. The Bertz CT molecular complexity index is 957. The molecule has 3 aromatic rings. The lowest BCUT2D eigenvalue weighted by atomic mass is 10.1. The topological polar surface area (TPSA) is 70.8 Å². The Labute approximate surface area is 132 Å². The van der Waals surface area contributed by atoms with Crippen molar-refractivity contribution < 1.29 is 14.3 Å². The number of rotatable bonds is 3. The van der Waals surface area contributed by atoms with Crippen molar-refractivity contribution in [2.75, 3.05) is 19.0 Å². The van der Waals surface area contributed by atoms with E-state index in [0.29, 0.717) is 11.3 Å². The first-order chi connectivity index (χ1) is 11.0. The van der Waals surface area contributed by atoms with E-state index in [0.717, 1.165) is 11.3 Å². The molecular formula is C18H15NO4. The molecule has 3 rings (SSSR count). The lowest BCUT2D eigenvalue weighted by Crippen LogP contribution is -2.10. The molecule has 0 saturated carbocycles. The predicted octanol–water partition coefficient (Wildman–Crippen LogP) is 3.22. The third-order valence-electron chi connectivity index (χ3n) is 3.63. The van der Waals surface area contributed by atoms with Crippen LogP contribution in [0.5, 0.6) is 0 Å². The summed E-state index contributed by atoms with van der Waals surface area (Å²) in [5.74, 6) is -0.622. The summed E-state index contributed by atoms with van der Waals surface area (Å²) >= 11 is 0. The van der Waals surface area contributed by atoms with Gasteiger partial charge in [0.05, 0.1) is 10.9 Å². The first-order valence-corrected chi connectivity index (χ1v) is 7.05. The van der Waals surface area contributed by atoms with Gasteiger partial charge >= 0.3 is 5.97 Å². The number of para-hydroxylation sites is 1. The number of benzene rings is 2. The monoisotopic (exact) mass is 309 g/mol. The number of nitrogens with zero attached hydrogens (tertiary/aromatic N) is 1. The molecule has 1 heterocycles. The summed E-state index contributed by atoms with van der Waals surface area (Å²) in [5.41, 5.74) is 1.89. The standard InChI is InChI=1S/C18H15NO4/c1-19(2)14-6-4-3-5-12(14)17-10-15(20)13-9-11(18(21)22)7-8-16(13)23-17/h3-10H,1-2H3,(H,21,22). The van der Waals surface area contributed by atoms with E-state index < -0.39 is 5.97 Å². The molecule has 0 aliphatic carbocycles. The number of carboxylic acid groups (broad SMARTS) is 1. The first-order valence-electron chi connectivity index (χ1n) is 7.05. The quantitative estimate of drug-likeness (QED) is 0.804. The van der Waals surface area contributed by atoms with Gasteiger partial charge in [-0.15, -0.1) is 0 Å². The summed E-state index contributed by atoms with van der Waals surface area (Å²) in [5, 5.41) is 9.29. The third-order valence-corrected chi connectivity index (χ3v) is 3.63. The van der Waals surface area contributed by atoms with Crippen LogP contribution in [-0.4, -0.2) is 25.2 Å². The van der Waals surface area contributed by atoms with E-state index in [-0.39, 0.29) is 16.4 Å². The van der Waals surface area contributed by atoms with Crippen molar-refractivity contribution in [2.45, 2.75) is 0 Å². The van der Waals surface area contributed by atoms with Gasteiger partial charge in [0.2, 0.25) is 0 Å².